The number of anilines is 1. The fraction of sp³-hybridized carbons (Fsp3) is 0.200. The Bertz CT molecular complexity index is 1810. The number of amides is 2. The predicted molar refractivity (Wildman–Crippen MR) is 171 cm³/mol. The maximum absolute atomic E-state index is 14.1. The molecule has 0 saturated carbocycles. The maximum Gasteiger partial charge on any atom is 0.417 e. The van der Waals surface area contributed by atoms with Crippen LogP contribution in [0.5, 0.6) is 5.75 Å². The molecule has 4 aromatic carbocycles. The summed E-state index contributed by atoms with van der Waals surface area (Å²) in [5, 5.41) is 2.59. The number of benzene rings is 4. The van der Waals surface area contributed by atoms with Gasteiger partial charge in [0.25, 0.3) is 11.8 Å². The highest BCUT2D eigenvalue weighted by atomic mass is 35.5. The zero-order chi connectivity index (χ0) is 34.3. The van der Waals surface area contributed by atoms with Gasteiger partial charge in [-0.3, -0.25) is 14.4 Å². The molecule has 4 rings (SSSR count). The third-order valence-corrected chi connectivity index (χ3v) is 7.39. The molecule has 0 bridgehead atoms. The average molecular weight is 667 g/mol. The van der Waals surface area contributed by atoms with E-state index >= 15 is 0 Å². The summed E-state index contributed by atoms with van der Waals surface area (Å²) in [6, 6.07) is 20.5. The highest BCUT2D eigenvalue weighted by Gasteiger charge is 2.37. The van der Waals surface area contributed by atoms with Crippen LogP contribution in [0.1, 0.15) is 55.0 Å². The van der Waals surface area contributed by atoms with Crippen molar-refractivity contribution < 1.29 is 41.8 Å². The Morgan fingerprint density at radius 3 is 2.23 bits per heavy atom. The van der Waals surface area contributed by atoms with E-state index in [1.54, 1.807) is 36.4 Å². The molecule has 8 nitrogen and oxygen atoms in total. The van der Waals surface area contributed by atoms with Gasteiger partial charge in [0.1, 0.15) is 5.75 Å². The number of carbonyl (C=O) groups is 4. The van der Waals surface area contributed by atoms with Gasteiger partial charge in [-0.25, -0.2) is 4.79 Å². The highest BCUT2D eigenvalue weighted by Crippen LogP contribution is 2.37. The van der Waals surface area contributed by atoms with E-state index in [1.165, 1.54) is 68.6 Å². The molecule has 4 aromatic rings. The molecular weight excluding hydrogens is 637 g/mol. The molecule has 1 N–H and O–H groups in total. The Labute approximate surface area is 274 Å². The summed E-state index contributed by atoms with van der Waals surface area (Å²) in [6.07, 6.45) is -4.15. The van der Waals surface area contributed by atoms with Gasteiger partial charge < -0.3 is 19.7 Å². The second-order valence-corrected chi connectivity index (χ2v) is 11.0. The van der Waals surface area contributed by atoms with Crippen LogP contribution in [0.25, 0.3) is 11.1 Å². The van der Waals surface area contributed by atoms with E-state index in [-0.39, 0.29) is 39.6 Å². The second kappa shape index (κ2) is 15.0. The summed E-state index contributed by atoms with van der Waals surface area (Å²) in [5.74, 6) is -2.55. The largest absolute Gasteiger partial charge is 0.465 e. The van der Waals surface area contributed by atoms with Gasteiger partial charge in [0.15, 0.2) is 0 Å². The topological polar surface area (TPSA) is 102 Å². The maximum atomic E-state index is 14.1. The number of methoxy groups -OCH3 is 1. The smallest absolute Gasteiger partial charge is 0.417 e. The lowest BCUT2D eigenvalue weighted by Crippen LogP contribution is -2.25. The molecule has 47 heavy (non-hydrogen) atoms. The van der Waals surface area contributed by atoms with E-state index in [0.717, 1.165) is 6.07 Å². The van der Waals surface area contributed by atoms with Gasteiger partial charge >= 0.3 is 18.1 Å². The Balaban J connectivity index is 1.53. The van der Waals surface area contributed by atoms with Crippen molar-refractivity contribution in [3.8, 4) is 16.9 Å². The fourth-order valence-corrected chi connectivity index (χ4v) is 5.05. The van der Waals surface area contributed by atoms with Crippen LogP contribution in [0.3, 0.4) is 0 Å². The number of rotatable bonds is 10. The van der Waals surface area contributed by atoms with Gasteiger partial charge in [0.05, 0.1) is 40.1 Å². The van der Waals surface area contributed by atoms with Gasteiger partial charge in [0, 0.05) is 26.6 Å². The summed E-state index contributed by atoms with van der Waals surface area (Å²) in [5.41, 5.74) is -0.313. The zero-order valence-electron chi connectivity index (χ0n) is 25.6. The summed E-state index contributed by atoms with van der Waals surface area (Å²) in [7, 11) is 4.23. The van der Waals surface area contributed by atoms with Crippen LogP contribution in [0.2, 0.25) is 5.02 Å². The standard InChI is InChI=1S/C35H30ClF3N2O6/c1-41(2)33(44)26-19-21(9-7-14-30(42)47-23-16-17-25(28(36)20-23)34(45)46-3)15-18-29(26)40-32(43)31-24(22-10-5-4-6-11-22)12-8-13-27(31)35(37,38)39/h4-6,8,10-13,15-20H,7,9,14H2,1-3H3,(H,40,43). The van der Waals surface area contributed by atoms with Crippen molar-refractivity contribution >= 4 is 41.0 Å². The lowest BCUT2D eigenvalue weighted by molar-refractivity contribution is -0.138. The number of hydrogen-bond acceptors (Lipinski definition) is 6. The van der Waals surface area contributed by atoms with E-state index < -0.39 is 41.1 Å². The number of halogens is 4. The number of carbonyl (C=O) groups excluding carboxylic acids is 4. The van der Waals surface area contributed by atoms with E-state index in [9.17, 15) is 32.3 Å². The van der Waals surface area contributed by atoms with Gasteiger partial charge in [-0.2, -0.15) is 13.2 Å². The van der Waals surface area contributed by atoms with Crippen molar-refractivity contribution in [1.82, 2.24) is 4.90 Å². The van der Waals surface area contributed by atoms with Crippen molar-refractivity contribution in [3.05, 3.63) is 118 Å². The number of alkyl halides is 3. The first-order valence-electron chi connectivity index (χ1n) is 14.3. The third kappa shape index (κ3) is 8.56. The molecule has 2 amide bonds. The summed E-state index contributed by atoms with van der Waals surface area (Å²) >= 11 is 6.08. The van der Waals surface area contributed by atoms with Crippen molar-refractivity contribution in [1.29, 1.82) is 0 Å². The summed E-state index contributed by atoms with van der Waals surface area (Å²) < 4.78 is 52.2. The van der Waals surface area contributed by atoms with Gasteiger partial charge in [-0.05, 0) is 59.9 Å². The van der Waals surface area contributed by atoms with Crippen LogP contribution in [0.15, 0.2) is 84.9 Å². The zero-order valence-corrected chi connectivity index (χ0v) is 26.4. The van der Waals surface area contributed by atoms with E-state index in [2.05, 4.69) is 10.1 Å². The summed E-state index contributed by atoms with van der Waals surface area (Å²) in [4.78, 5) is 52.1. The molecule has 0 saturated heterocycles. The van der Waals surface area contributed by atoms with Crippen LogP contribution < -0.4 is 10.1 Å². The predicted octanol–water partition coefficient (Wildman–Crippen LogP) is 7.69. The monoisotopic (exact) mass is 666 g/mol. The second-order valence-electron chi connectivity index (χ2n) is 10.6. The summed E-state index contributed by atoms with van der Waals surface area (Å²) in [6.45, 7) is 0. The number of nitrogens with one attached hydrogen (secondary N) is 1. The Kier molecular flexibility index (Phi) is 11.0. The highest BCUT2D eigenvalue weighted by molar-refractivity contribution is 6.33. The molecule has 0 radical (unpaired) electrons. The van der Waals surface area contributed by atoms with E-state index in [0.29, 0.717) is 24.0 Å². The first kappa shape index (κ1) is 34.7. The molecule has 0 spiro atoms. The molecule has 0 fully saturated rings. The van der Waals surface area contributed by atoms with Crippen LogP contribution >= 0.6 is 11.6 Å². The van der Waals surface area contributed by atoms with Gasteiger partial charge in [0.2, 0.25) is 0 Å². The molecule has 0 heterocycles. The van der Waals surface area contributed by atoms with E-state index in [1.807, 2.05) is 0 Å². The first-order chi connectivity index (χ1) is 22.3. The van der Waals surface area contributed by atoms with Crippen molar-refractivity contribution in [3.63, 3.8) is 0 Å². The normalized spacial score (nSPS) is 11.0. The SMILES string of the molecule is COC(=O)c1ccc(OC(=O)CCCc2ccc(NC(=O)c3c(-c4ccccc4)cccc3C(F)(F)F)c(C(=O)N(C)C)c2)cc1Cl. The molecule has 0 aliphatic carbocycles. The van der Waals surface area contributed by atoms with Crippen LogP contribution in [0.4, 0.5) is 18.9 Å². The number of nitrogens with zero attached hydrogens (tertiary/aromatic N) is 1. The first-order valence-corrected chi connectivity index (χ1v) is 14.7. The lowest BCUT2D eigenvalue weighted by Gasteiger charge is -2.19. The molecule has 0 aliphatic rings. The third-order valence-electron chi connectivity index (χ3n) is 7.07. The Morgan fingerprint density at radius 1 is 0.872 bits per heavy atom. The lowest BCUT2D eigenvalue weighted by atomic mass is 9.94. The molecule has 0 atom stereocenters. The fourth-order valence-electron chi connectivity index (χ4n) is 4.80. The van der Waals surface area contributed by atoms with Crippen LogP contribution in [0, 0.1) is 0 Å². The van der Waals surface area contributed by atoms with Crippen LogP contribution in [-0.4, -0.2) is 49.9 Å². The van der Waals surface area contributed by atoms with Crippen molar-refractivity contribution in [2.75, 3.05) is 26.5 Å². The minimum Gasteiger partial charge on any atom is -0.465 e. The van der Waals surface area contributed by atoms with E-state index in [4.69, 9.17) is 16.3 Å². The number of aryl methyl sites for hydroxylation is 1. The van der Waals surface area contributed by atoms with Crippen LogP contribution in [-0.2, 0) is 22.1 Å². The van der Waals surface area contributed by atoms with Crippen molar-refractivity contribution in [2.45, 2.75) is 25.4 Å². The molecule has 0 aromatic heterocycles. The average Bonchev–Trinajstić information content (AvgIpc) is 3.04. The van der Waals surface area contributed by atoms with Gasteiger partial charge in [-0.15, -0.1) is 0 Å². The van der Waals surface area contributed by atoms with Gasteiger partial charge in [-0.1, -0.05) is 60.1 Å². The van der Waals surface area contributed by atoms with Crippen molar-refractivity contribution in [2.24, 2.45) is 0 Å². The number of hydrogen-bond donors (Lipinski definition) is 1. The Morgan fingerprint density at radius 2 is 1.60 bits per heavy atom. The quantitative estimate of drug-likeness (QED) is 0.138. The number of ether oxygens (including phenoxy) is 2. The molecule has 0 unspecified atom stereocenters. The molecule has 12 heteroatoms. The molecule has 0 aliphatic heterocycles. The Hall–Kier alpha value is -5.16. The molecule has 244 valence electrons. The minimum absolute atomic E-state index is 0.00229. The minimum atomic E-state index is -4.82. The number of esters is 2. The molecular formula is C35H30ClF3N2O6.